The molecule has 0 spiro atoms. The molecule has 5 nitrogen and oxygen atoms in total. The van der Waals surface area contributed by atoms with Crippen molar-refractivity contribution in [1.82, 2.24) is 20.4 Å². The van der Waals surface area contributed by atoms with Crippen LogP contribution in [0.1, 0.15) is 35.9 Å². The van der Waals surface area contributed by atoms with Gasteiger partial charge in [-0.3, -0.25) is 9.67 Å². The molecule has 1 heterocycles. The van der Waals surface area contributed by atoms with E-state index < -0.39 is 0 Å². The molecular weight excluding hydrogens is 437 g/mol. The van der Waals surface area contributed by atoms with Crippen molar-refractivity contribution < 1.29 is 0 Å². The second kappa shape index (κ2) is 11.9. The van der Waals surface area contributed by atoms with Gasteiger partial charge in [0.1, 0.15) is 0 Å². The number of hydrogen-bond acceptors (Lipinski definition) is 2. The second-order valence-corrected chi connectivity index (χ2v) is 6.30. The number of benzene rings is 1. The van der Waals surface area contributed by atoms with Crippen LogP contribution in [-0.2, 0) is 19.9 Å². The Labute approximate surface area is 174 Å². The van der Waals surface area contributed by atoms with E-state index in [1.807, 2.05) is 11.7 Å². The number of nitrogens with one attached hydrogen (secondary N) is 2. The van der Waals surface area contributed by atoms with E-state index in [-0.39, 0.29) is 24.0 Å². The Hall–Kier alpha value is -1.57. The highest BCUT2D eigenvalue weighted by atomic mass is 127. The number of nitrogens with zero attached hydrogens (tertiary/aromatic N) is 3. The van der Waals surface area contributed by atoms with Gasteiger partial charge in [0.15, 0.2) is 5.96 Å². The highest BCUT2D eigenvalue weighted by Gasteiger charge is 2.08. The van der Waals surface area contributed by atoms with Gasteiger partial charge in [-0.2, -0.15) is 5.10 Å². The first kappa shape index (κ1) is 22.5. The molecule has 0 aliphatic carbocycles. The molecule has 0 aliphatic rings. The molecule has 0 fully saturated rings. The minimum atomic E-state index is 0. The van der Waals surface area contributed by atoms with E-state index in [1.54, 1.807) is 0 Å². The zero-order chi connectivity index (χ0) is 18.1. The monoisotopic (exact) mass is 469 g/mol. The van der Waals surface area contributed by atoms with Gasteiger partial charge < -0.3 is 10.6 Å². The molecule has 0 saturated heterocycles. The van der Waals surface area contributed by atoms with E-state index in [1.165, 1.54) is 16.8 Å². The summed E-state index contributed by atoms with van der Waals surface area (Å²) < 4.78 is 1.95. The molecule has 0 bridgehead atoms. The van der Waals surface area contributed by atoms with Gasteiger partial charge in [-0.05, 0) is 51.2 Å². The molecule has 0 aliphatic heterocycles. The maximum atomic E-state index is 4.68. The number of guanidine groups is 1. The standard InChI is InChI=1S/C20H31N5.HI/c1-5-21-20(22-14-9-12-18-10-7-6-8-11-18)23-15-13-19-16(2)24-25(4)17(19)3;/h6-8,10-11H,5,9,12-15H2,1-4H3,(H2,21,22,23);1H. The summed E-state index contributed by atoms with van der Waals surface area (Å²) in [7, 11) is 2.00. The Morgan fingerprint density at radius 3 is 2.46 bits per heavy atom. The van der Waals surface area contributed by atoms with Crippen LogP contribution in [0.4, 0.5) is 0 Å². The number of aryl methyl sites for hydroxylation is 3. The smallest absolute Gasteiger partial charge is 0.191 e. The van der Waals surface area contributed by atoms with E-state index in [0.717, 1.165) is 50.6 Å². The Bertz CT molecular complexity index is 679. The van der Waals surface area contributed by atoms with Crippen LogP contribution in [0.25, 0.3) is 0 Å². The average molecular weight is 469 g/mol. The molecule has 2 aromatic rings. The first-order valence-corrected chi connectivity index (χ1v) is 9.17. The summed E-state index contributed by atoms with van der Waals surface area (Å²) in [5.74, 6) is 0.898. The first-order chi connectivity index (χ1) is 12.1. The van der Waals surface area contributed by atoms with Crippen molar-refractivity contribution >= 4 is 29.9 Å². The zero-order valence-electron chi connectivity index (χ0n) is 16.4. The summed E-state index contributed by atoms with van der Waals surface area (Å²) in [6, 6.07) is 10.6. The summed E-state index contributed by atoms with van der Waals surface area (Å²) in [5, 5.41) is 11.2. The Balaban J connectivity index is 0.00000338. The number of hydrogen-bond donors (Lipinski definition) is 2. The fraction of sp³-hybridized carbons (Fsp3) is 0.500. The SMILES string of the molecule is CCNC(=NCCCc1ccccc1)NCCc1c(C)nn(C)c1C.I. The third kappa shape index (κ3) is 6.97. The van der Waals surface area contributed by atoms with Gasteiger partial charge in [-0.15, -0.1) is 24.0 Å². The van der Waals surface area contributed by atoms with Gasteiger partial charge in [0.25, 0.3) is 0 Å². The summed E-state index contributed by atoms with van der Waals surface area (Å²) >= 11 is 0. The van der Waals surface area contributed by atoms with Crippen LogP contribution < -0.4 is 10.6 Å². The van der Waals surface area contributed by atoms with E-state index in [4.69, 9.17) is 0 Å². The number of rotatable bonds is 8. The maximum absolute atomic E-state index is 4.68. The van der Waals surface area contributed by atoms with Crippen molar-refractivity contribution in [1.29, 1.82) is 0 Å². The fourth-order valence-corrected chi connectivity index (χ4v) is 2.95. The van der Waals surface area contributed by atoms with Crippen molar-refractivity contribution in [2.45, 2.75) is 40.0 Å². The maximum Gasteiger partial charge on any atom is 0.191 e. The normalized spacial score (nSPS) is 11.2. The lowest BCUT2D eigenvalue weighted by atomic mass is 10.1. The van der Waals surface area contributed by atoms with Gasteiger partial charge in [-0.1, -0.05) is 30.3 Å². The summed E-state index contributed by atoms with van der Waals surface area (Å²) in [6.45, 7) is 8.85. The molecule has 2 N–H and O–H groups in total. The Morgan fingerprint density at radius 2 is 1.85 bits per heavy atom. The van der Waals surface area contributed by atoms with Crippen LogP contribution in [0, 0.1) is 13.8 Å². The minimum Gasteiger partial charge on any atom is -0.357 e. The molecule has 2 rings (SSSR count). The molecule has 0 unspecified atom stereocenters. The van der Waals surface area contributed by atoms with Crippen molar-refractivity contribution in [3.05, 3.63) is 52.8 Å². The van der Waals surface area contributed by atoms with E-state index in [9.17, 15) is 0 Å². The van der Waals surface area contributed by atoms with Gasteiger partial charge in [0.05, 0.1) is 5.69 Å². The topological polar surface area (TPSA) is 54.2 Å². The van der Waals surface area contributed by atoms with Crippen LogP contribution in [-0.4, -0.2) is 35.4 Å². The minimum absolute atomic E-state index is 0. The van der Waals surface area contributed by atoms with Gasteiger partial charge in [-0.25, -0.2) is 0 Å². The molecular formula is C20H32IN5. The lowest BCUT2D eigenvalue weighted by Crippen LogP contribution is -2.38. The molecule has 0 radical (unpaired) electrons. The molecule has 0 amide bonds. The van der Waals surface area contributed by atoms with Gasteiger partial charge >= 0.3 is 0 Å². The summed E-state index contributed by atoms with van der Waals surface area (Å²) in [4.78, 5) is 4.68. The fourth-order valence-electron chi connectivity index (χ4n) is 2.95. The quantitative estimate of drug-likeness (QED) is 0.270. The third-order valence-corrected chi connectivity index (χ3v) is 4.41. The van der Waals surface area contributed by atoms with Crippen LogP contribution in [0.3, 0.4) is 0 Å². The number of aromatic nitrogens is 2. The largest absolute Gasteiger partial charge is 0.357 e. The molecule has 144 valence electrons. The Kier molecular flexibility index (Phi) is 10.3. The van der Waals surface area contributed by atoms with Crippen molar-refractivity contribution in [2.24, 2.45) is 12.0 Å². The highest BCUT2D eigenvalue weighted by Crippen LogP contribution is 2.11. The predicted molar refractivity (Wildman–Crippen MR) is 121 cm³/mol. The number of aliphatic imine (C=N–C) groups is 1. The summed E-state index contributed by atoms with van der Waals surface area (Å²) in [5.41, 5.74) is 5.06. The molecule has 26 heavy (non-hydrogen) atoms. The zero-order valence-corrected chi connectivity index (χ0v) is 18.7. The van der Waals surface area contributed by atoms with E-state index >= 15 is 0 Å². The van der Waals surface area contributed by atoms with Crippen molar-refractivity contribution in [3.63, 3.8) is 0 Å². The molecule has 0 atom stereocenters. The second-order valence-electron chi connectivity index (χ2n) is 6.30. The molecule has 6 heteroatoms. The molecule has 0 saturated carbocycles. The van der Waals surface area contributed by atoms with Crippen LogP contribution in [0.15, 0.2) is 35.3 Å². The van der Waals surface area contributed by atoms with Gasteiger partial charge in [0.2, 0.25) is 0 Å². The lowest BCUT2D eigenvalue weighted by Gasteiger charge is -2.11. The molecule has 1 aromatic heterocycles. The van der Waals surface area contributed by atoms with Crippen LogP contribution in [0.5, 0.6) is 0 Å². The van der Waals surface area contributed by atoms with Crippen LogP contribution >= 0.6 is 24.0 Å². The first-order valence-electron chi connectivity index (χ1n) is 9.17. The Morgan fingerprint density at radius 1 is 1.12 bits per heavy atom. The van der Waals surface area contributed by atoms with Gasteiger partial charge in [0, 0.05) is 32.4 Å². The highest BCUT2D eigenvalue weighted by molar-refractivity contribution is 14.0. The molecule has 1 aromatic carbocycles. The number of halogens is 1. The predicted octanol–water partition coefficient (Wildman–Crippen LogP) is 3.39. The average Bonchev–Trinajstić information content (AvgIpc) is 2.85. The van der Waals surface area contributed by atoms with Crippen LogP contribution in [0.2, 0.25) is 0 Å². The summed E-state index contributed by atoms with van der Waals surface area (Å²) in [6.07, 6.45) is 3.08. The third-order valence-electron chi connectivity index (χ3n) is 4.41. The van der Waals surface area contributed by atoms with Crippen molar-refractivity contribution in [3.8, 4) is 0 Å². The van der Waals surface area contributed by atoms with Crippen molar-refractivity contribution in [2.75, 3.05) is 19.6 Å². The van der Waals surface area contributed by atoms with E-state index in [0.29, 0.717) is 0 Å². The lowest BCUT2D eigenvalue weighted by molar-refractivity contribution is 0.728. The van der Waals surface area contributed by atoms with E-state index in [2.05, 4.69) is 71.8 Å².